The van der Waals surface area contributed by atoms with Crippen molar-refractivity contribution in [3.8, 4) is 0 Å². The van der Waals surface area contributed by atoms with E-state index in [1.54, 1.807) is 12.1 Å². The summed E-state index contributed by atoms with van der Waals surface area (Å²) in [5.74, 6) is 0. The van der Waals surface area contributed by atoms with Crippen LogP contribution >= 0.6 is 11.6 Å². The highest BCUT2D eigenvalue weighted by Crippen LogP contribution is 2.36. The molecule has 1 N–H and O–H groups in total. The average molecular weight is 356 g/mol. The molecule has 8 heteroatoms. The molecule has 0 bridgehead atoms. The number of piperidine rings is 1. The Kier molecular flexibility index (Phi) is 5.54. The van der Waals surface area contributed by atoms with E-state index in [1.807, 2.05) is 25.7 Å². The minimum absolute atomic E-state index is 0.000974. The highest BCUT2D eigenvalue weighted by molar-refractivity contribution is 6.33. The van der Waals surface area contributed by atoms with Crippen molar-refractivity contribution >= 4 is 29.1 Å². The molecule has 132 valence electrons. The second-order valence-corrected chi connectivity index (χ2v) is 7.18. The molecule has 0 saturated carbocycles. The first-order chi connectivity index (χ1) is 11.2. The van der Waals surface area contributed by atoms with Crippen LogP contribution in [0.4, 0.5) is 16.2 Å². The Morgan fingerprint density at radius 1 is 1.38 bits per heavy atom. The first kappa shape index (κ1) is 18.3. The number of rotatable bonds is 3. The Bertz CT molecular complexity index is 622. The fraction of sp³-hybridized carbons (Fsp3) is 0.562. The number of nitrogens with one attached hydrogen (secondary N) is 1. The monoisotopic (exact) mass is 355 g/mol. The zero-order valence-corrected chi connectivity index (χ0v) is 14.8. The Morgan fingerprint density at radius 3 is 2.54 bits per heavy atom. The first-order valence-electron chi connectivity index (χ1n) is 7.85. The van der Waals surface area contributed by atoms with Gasteiger partial charge in [-0.15, -0.1) is 0 Å². The molecule has 2 rings (SSSR count). The minimum Gasteiger partial charge on any atom is -0.444 e. The summed E-state index contributed by atoms with van der Waals surface area (Å²) in [6.07, 6.45) is 0.896. The van der Waals surface area contributed by atoms with Gasteiger partial charge in [-0.1, -0.05) is 17.7 Å². The van der Waals surface area contributed by atoms with Crippen LogP contribution in [-0.2, 0) is 4.74 Å². The van der Waals surface area contributed by atoms with E-state index < -0.39 is 16.6 Å². The molecule has 0 aromatic heterocycles. The Hall–Kier alpha value is -2.02. The predicted octanol–water partition coefficient (Wildman–Crippen LogP) is 3.74. The number of para-hydroxylation sites is 1. The number of carbonyl (C=O) groups is 1. The third-order valence-electron chi connectivity index (χ3n) is 3.69. The van der Waals surface area contributed by atoms with Crippen LogP contribution in [0.15, 0.2) is 18.2 Å². The SMILES string of the molecule is CC(C)(C)OC(=O)NC1CCN(c2c(Cl)cccc2[N+](=O)[O-])CC1. The largest absolute Gasteiger partial charge is 0.444 e. The van der Waals surface area contributed by atoms with Gasteiger partial charge in [0.25, 0.3) is 5.69 Å². The van der Waals surface area contributed by atoms with Crippen molar-refractivity contribution in [2.24, 2.45) is 0 Å². The lowest BCUT2D eigenvalue weighted by Crippen LogP contribution is -2.46. The van der Waals surface area contributed by atoms with Crippen LogP contribution in [-0.4, -0.2) is 35.7 Å². The third kappa shape index (κ3) is 4.74. The maximum Gasteiger partial charge on any atom is 0.407 e. The summed E-state index contributed by atoms with van der Waals surface area (Å²) in [7, 11) is 0. The molecule has 0 aliphatic carbocycles. The van der Waals surface area contributed by atoms with Crippen molar-refractivity contribution in [3.05, 3.63) is 33.3 Å². The van der Waals surface area contributed by atoms with Crippen molar-refractivity contribution in [1.29, 1.82) is 0 Å². The zero-order chi connectivity index (χ0) is 17.9. The van der Waals surface area contributed by atoms with Gasteiger partial charge >= 0.3 is 6.09 Å². The number of halogens is 1. The van der Waals surface area contributed by atoms with Crippen LogP contribution < -0.4 is 10.2 Å². The highest BCUT2D eigenvalue weighted by atomic mass is 35.5. The van der Waals surface area contributed by atoms with Gasteiger partial charge in [0.15, 0.2) is 0 Å². The highest BCUT2D eigenvalue weighted by Gasteiger charge is 2.28. The Morgan fingerprint density at radius 2 is 2.00 bits per heavy atom. The summed E-state index contributed by atoms with van der Waals surface area (Å²) in [4.78, 5) is 24.5. The molecule has 7 nitrogen and oxygen atoms in total. The van der Waals surface area contributed by atoms with Crippen LogP contribution in [0, 0.1) is 10.1 Å². The number of nitro groups is 1. The molecule has 1 fully saturated rings. The summed E-state index contributed by atoms with van der Waals surface area (Å²) in [5, 5.41) is 14.4. The summed E-state index contributed by atoms with van der Waals surface area (Å²) < 4.78 is 5.25. The molecule has 1 amide bonds. The van der Waals surface area contributed by atoms with E-state index in [0.29, 0.717) is 36.6 Å². The number of hydrogen-bond acceptors (Lipinski definition) is 5. The first-order valence-corrected chi connectivity index (χ1v) is 8.22. The Balaban J connectivity index is 1.99. The lowest BCUT2D eigenvalue weighted by Gasteiger charge is -2.34. The molecule has 0 spiro atoms. The normalized spacial score (nSPS) is 15.9. The van der Waals surface area contributed by atoms with Crippen molar-refractivity contribution in [2.75, 3.05) is 18.0 Å². The fourth-order valence-corrected chi connectivity index (χ4v) is 2.98. The van der Waals surface area contributed by atoms with Crippen LogP contribution in [0.3, 0.4) is 0 Å². The van der Waals surface area contributed by atoms with Gasteiger partial charge in [-0.05, 0) is 39.7 Å². The number of ether oxygens (including phenoxy) is 1. The molecule has 0 radical (unpaired) electrons. The van der Waals surface area contributed by atoms with Crippen molar-refractivity contribution in [2.45, 2.75) is 45.3 Å². The number of hydrogen-bond donors (Lipinski definition) is 1. The van der Waals surface area contributed by atoms with E-state index in [1.165, 1.54) is 6.07 Å². The smallest absolute Gasteiger partial charge is 0.407 e. The summed E-state index contributed by atoms with van der Waals surface area (Å²) in [6, 6.07) is 4.65. The molecule has 1 aromatic carbocycles. The fourth-order valence-electron chi connectivity index (χ4n) is 2.69. The quantitative estimate of drug-likeness (QED) is 0.659. The van der Waals surface area contributed by atoms with Crippen LogP contribution in [0.5, 0.6) is 0 Å². The number of benzene rings is 1. The molecule has 1 heterocycles. The number of anilines is 1. The van der Waals surface area contributed by atoms with Crippen molar-refractivity contribution in [1.82, 2.24) is 5.32 Å². The number of alkyl carbamates (subject to hydrolysis) is 1. The summed E-state index contributed by atoms with van der Waals surface area (Å²) in [6.45, 7) is 6.58. The summed E-state index contributed by atoms with van der Waals surface area (Å²) in [5.41, 5.74) is -0.0934. The zero-order valence-electron chi connectivity index (χ0n) is 14.0. The van der Waals surface area contributed by atoms with Crippen LogP contribution in [0.25, 0.3) is 0 Å². The van der Waals surface area contributed by atoms with Gasteiger partial charge in [0, 0.05) is 25.2 Å². The average Bonchev–Trinajstić information content (AvgIpc) is 2.46. The van der Waals surface area contributed by atoms with E-state index in [4.69, 9.17) is 16.3 Å². The van der Waals surface area contributed by atoms with E-state index in [0.717, 1.165) is 0 Å². The van der Waals surface area contributed by atoms with E-state index in [9.17, 15) is 14.9 Å². The lowest BCUT2D eigenvalue weighted by molar-refractivity contribution is -0.384. The lowest BCUT2D eigenvalue weighted by atomic mass is 10.0. The molecular weight excluding hydrogens is 334 g/mol. The van der Waals surface area contributed by atoms with Gasteiger partial charge in [-0.25, -0.2) is 4.79 Å². The van der Waals surface area contributed by atoms with Crippen molar-refractivity contribution < 1.29 is 14.5 Å². The molecule has 0 atom stereocenters. The standard InChI is InChI=1S/C16H22ClN3O4/c1-16(2,3)24-15(21)18-11-7-9-19(10-8-11)14-12(17)5-4-6-13(14)20(22)23/h4-6,11H,7-10H2,1-3H3,(H,18,21). The van der Waals surface area contributed by atoms with Gasteiger partial charge in [0.05, 0.1) is 9.95 Å². The van der Waals surface area contributed by atoms with E-state index in [2.05, 4.69) is 5.32 Å². The van der Waals surface area contributed by atoms with E-state index >= 15 is 0 Å². The maximum atomic E-state index is 11.8. The van der Waals surface area contributed by atoms with Gasteiger partial charge in [0.2, 0.25) is 0 Å². The van der Waals surface area contributed by atoms with Gasteiger partial charge < -0.3 is 15.0 Å². The van der Waals surface area contributed by atoms with E-state index in [-0.39, 0.29) is 11.7 Å². The minimum atomic E-state index is -0.539. The predicted molar refractivity (Wildman–Crippen MR) is 92.7 cm³/mol. The van der Waals surface area contributed by atoms with Gasteiger partial charge in [0.1, 0.15) is 11.3 Å². The van der Waals surface area contributed by atoms with Crippen molar-refractivity contribution in [3.63, 3.8) is 0 Å². The molecule has 1 aromatic rings. The Labute approximate surface area is 146 Å². The molecular formula is C16H22ClN3O4. The second kappa shape index (κ2) is 7.25. The third-order valence-corrected chi connectivity index (χ3v) is 4.00. The molecule has 0 unspecified atom stereocenters. The topological polar surface area (TPSA) is 84.7 Å². The van der Waals surface area contributed by atoms with Gasteiger partial charge in [-0.2, -0.15) is 0 Å². The van der Waals surface area contributed by atoms with Crippen LogP contribution in [0.2, 0.25) is 5.02 Å². The molecule has 1 aliphatic heterocycles. The number of nitro benzene ring substituents is 1. The molecule has 1 aliphatic rings. The molecule has 1 saturated heterocycles. The van der Waals surface area contributed by atoms with Gasteiger partial charge in [-0.3, -0.25) is 10.1 Å². The number of nitrogens with zero attached hydrogens (tertiary/aromatic N) is 2. The summed E-state index contributed by atoms with van der Waals surface area (Å²) >= 11 is 6.16. The van der Waals surface area contributed by atoms with Crippen LogP contribution in [0.1, 0.15) is 33.6 Å². The number of amides is 1. The number of carbonyl (C=O) groups excluding carboxylic acids is 1. The molecule has 24 heavy (non-hydrogen) atoms. The maximum absolute atomic E-state index is 11.8. The second-order valence-electron chi connectivity index (χ2n) is 6.77.